The lowest BCUT2D eigenvalue weighted by Crippen LogP contribution is -2.53. The van der Waals surface area contributed by atoms with Crippen molar-refractivity contribution in [2.75, 3.05) is 24.6 Å². The second-order valence-electron chi connectivity index (χ2n) is 8.66. The zero-order valence-electron chi connectivity index (χ0n) is 21.1. The van der Waals surface area contributed by atoms with Gasteiger partial charge in [0.05, 0.1) is 24.6 Å². The lowest BCUT2D eigenvalue weighted by molar-refractivity contribution is 0.798. The fourth-order valence-corrected chi connectivity index (χ4v) is 7.28. The summed E-state index contributed by atoms with van der Waals surface area (Å²) in [7, 11) is -0.420. The fourth-order valence-electron chi connectivity index (χ4n) is 4.59. The van der Waals surface area contributed by atoms with Gasteiger partial charge in [0.15, 0.2) is 0 Å². The average Bonchev–Trinajstić information content (AvgIpc) is 2.87. The molecular weight excluding hydrogens is 402 g/mol. The van der Waals surface area contributed by atoms with E-state index in [9.17, 15) is 0 Å². The molecule has 32 heavy (non-hydrogen) atoms. The summed E-state index contributed by atoms with van der Waals surface area (Å²) in [6.45, 7) is 12.0. The molecule has 0 unspecified atom stereocenters. The first-order valence-corrected chi connectivity index (χ1v) is 15.2. The largest absolute Gasteiger partial charge is 0.241 e. The van der Waals surface area contributed by atoms with E-state index in [0.717, 1.165) is 6.42 Å². The quantitative estimate of drug-likeness (QED) is 0.243. The highest BCUT2D eigenvalue weighted by molar-refractivity contribution is 7.75. The van der Waals surface area contributed by atoms with Crippen molar-refractivity contribution >= 4 is 30.4 Å². The van der Waals surface area contributed by atoms with E-state index in [1.807, 2.05) is 0 Å². The van der Waals surface area contributed by atoms with Crippen LogP contribution in [0.3, 0.4) is 0 Å². The maximum atomic E-state index is 2.35. The van der Waals surface area contributed by atoms with Crippen LogP contribution in [0.15, 0.2) is 84.9 Å². The smallest absolute Gasteiger partial charge is 0.0687 e. The van der Waals surface area contributed by atoms with E-state index in [2.05, 4.69) is 120 Å². The first-order valence-electron chi connectivity index (χ1n) is 12.7. The van der Waals surface area contributed by atoms with Gasteiger partial charge in [0.25, 0.3) is 0 Å². The van der Waals surface area contributed by atoms with Crippen molar-refractivity contribution in [3.63, 3.8) is 0 Å². The molecule has 0 bridgehead atoms. The molecule has 0 atom stereocenters. The number of benzene rings is 3. The monoisotopic (exact) mass is 445 g/mol. The van der Waals surface area contributed by atoms with Gasteiger partial charge in [0.1, 0.15) is 0 Å². The molecule has 3 rings (SSSR count). The van der Waals surface area contributed by atoms with Crippen LogP contribution in [0.2, 0.25) is 0 Å². The van der Waals surface area contributed by atoms with E-state index in [1.165, 1.54) is 59.4 Å². The molecule has 0 saturated carbocycles. The molecule has 0 aliphatic rings. The van der Waals surface area contributed by atoms with E-state index < -0.39 is 7.26 Å². The molecular formula is C30H43BP+. The first-order chi connectivity index (χ1) is 15.6. The molecule has 0 aliphatic heterocycles. The lowest BCUT2D eigenvalue weighted by Gasteiger charge is -2.20. The fraction of sp³-hybridized carbons (Fsp3) is 0.400. The Morgan fingerprint density at radius 1 is 0.562 bits per heavy atom. The predicted molar refractivity (Wildman–Crippen MR) is 152 cm³/mol. The Balaban J connectivity index is 0.000000344. The molecule has 0 heterocycles. The number of rotatable bonds is 10. The summed E-state index contributed by atoms with van der Waals surface area (Å²) in [6, 6.07) is 30.7. The minimum atomic E-state index is -0.420. The van der Waals surface area contributed by atoms with Crippen molar-refractivity contribution in [1.82, 2.24) is 0 Å². The van der Waals surface area contributed by atoms with Gasteiger partial charge in [0.2, 0.25) is 6.71 Å². The molecule has 0 aromatic heterocycles. The average molecular weight is 445 g/mol. The summed E-state index contributed by atoms with van der Waals surface area (Å²) < 4.78 is 0. The zero-order chi connectivity index (χ0) is 23.2. The third kappa shape index (κ3) is 7.35. The van der Waals surface area contributed by atoms with Crippen LogP contribution < -0.4 is 16.4 Å². The molecule has 170 valence electrons. The highest BCUT2D eigenvalue weighted by Crippen LogP contribution is 2.57. The third-order valence-electron chi connectivity index (χ3n) is 7.11. The van der Waals surface area contributed by atoms with Gasteiger partial charge < -0.3 is 0 Å². The normalized spacial score (nSPS) is 10.9. The van der Waals surface area contributed by atoms with Crippen molar-refractivity contribution < 1.29 is 0 Å². The molecule has 0 radical (unpaired) electrons. The zero-order valence-corrected chi connectivity index (χ0v) is 22.0. The van der Waals surface area contributed by atoms with Crippen LogP contribution in [0.5, 0.6) is 0 Å². The maximum Gasteiger partial charge on any atom is 0.241 e. The van der Waals surface area contributed by atoms with Crippen LogP contribution in [0.1, 0.15) is 53.0 Å². The highest BCUT2D eigenvalue weighted by atomic mass is 31.2. The maximum absolute atomic E-state index is 2.35. The minimum absolute atomic E-state index is 0.311. The van der Waals surface area contributed by atoms with Crippen LogP contribution in [-0.2, 0) is 6.42 Å². The third-order valence-corrected chi connectivity index (χ3v) is 12.5. The van der Waals surface area contributed by atoms with Crippen molar-refractivity contribution in [2.24, 2.45) is 0 Å². The Morgan fingerprint density at radius 3 is 1.41 bits per heavy atom. The summed E-state index contributed by atoms with van der Waals surface area (Å²) in [5, 5.41) is 0. The van der Waals surface area contributed by atoms with Crippen LogP contribution >= 0.6 is 7.26 Å². The summed E-state index contributed by atoms with van der Waals surface area (Å²) in [6.07, 6.45) is 9.45. The first kappa shape index (κ1) is 26.4. The summed E-state index contributed by atoms with van der Waals surface area (Å²) in [4.78, 5) is 0. The van der Waals surface area contributed by atoms with Gasteiger partial charge in [-0.1, -0.05) is 120 Å². The van der Waals surface area contributed by atoms with Gasteiger partial charge >= 0.3 is 0 Å². The molecule has 2 heteroatoms. The minimum Gasteiger partial charge on any atom is -0.0687 e. The molecule has 0 spiro atoms. The Morgan fingerprint density at radius 2 is 1.00 bits per heavy atom. The second-order valence-corrected chi connectivity index (χ2v) is 13.9. The Hall–Kier alpha value is -1.85. The molecule has 0 amide bonds. The topological polar surface area (TPSA) is 0 Å². The van der Waals surface area contributed by atoms with Gasteiger partial charge in [-0.05, 0) is 40.5 Å². The van der Waals surface area contributed by atoms with E-state index >= 15 is 0 Å². The molecule has 3 aromatic rings. The van der Waals surface area contributed by atoms with Crippen LogP contribution in [0.4, 0.5) is 0 Å². The van der Waals surface area contributed by atoms with Gasteiger partial charge in [-0.15, -0.1) is 0 Å². The van der Waals surface area contributed by atoms with Gasteiger partial charge in [-0.2, -0.15) is 0 Å². The van der Waals surface area contributed by atoms with Crippen LogP contribution in [0, 0.1) is 0 Å². The number of hydrogen-bond donors (Lipinski definition) is 0. The van der Waals surface area contributed by atoms with E-state index in [-0.39, 0.29) is 0 Å². The molecule has 0 fully saturated rings. The van der Waals surface area contributed by atoms with Gasteiger partial charge in [-0.25, -0.2) is 0 Å². The van der Waals surface area contributed by atoms with Crippen molar-refractivity contribution in [3.8, 4) is 0 Å². The molecule has 0 nitrogen and oxygen atoms in total. The highest BCUT2D eigenvalue weighted by Gasteiger charge is 2.27. The Labute approximate surface area is 199 Å². The number of aryl methyl sites for hydroxylation is 1. The Bertz CT molecular complexity index is 815. The summed E-state index contributed by atoms with van der Waals surface area (Å²) >= 11 is 0. The van der Waals surface area contributed by atoms with Gasteiger partial charge in [-0.3, -0.25) is 0 Å². The molecule has 0 saturated heterocycles. The Kier molecular flexibility index (Phi) is 11.8. The SMILES string of the molecule is CCCCc1ccccc1B(c1ccccc1)c1ccccc1.CC[P+](CC)(CC)CC. The van der Waals surface area contributed by atoms with Crippen molar-refractivity contribution in [3.05, 3.63) is 90.5 Å². The van der Waals surface area contributed by atoms with E-state index in [0.29, 0.717) is 6.71 Å². The van der Waals surface area contributed by atoms with Crippen LogP contribution in [0.25, 0.3) is 0 Å². The number of hydrogen-bond acceptors (Lipinski definition) is 0. The second kappa shape index (κ2) is 14.3. The lowest BCUT2D eigenvalue weighted by atomic mass is 9.36. The van der Waals surface area contributed by atoms with Crippen molar-refractivity contribution in [2.45, 2.75) is 53.9 Å². The predicted octanol–water partition coefficient (Wildman–Crippen LogP) is 6.63. The van der Waals surface area contributed by atoms with Crippen LogP contribution in [-0.4, -0.2) is 31.4 Å². The number of unbranched alkanes of at least 4 members (excludes halogenated alkanes) is 1. The van der Waals surface area contributed by atoms with E-state index in [4.69, 9.17) is 0 Å². The van der Waals surface area contributed by atoms with Gasteiger partial charge in [0, 0.05) is 7.26 Å². The molecule has 0 N–H and O–H groups in total. The van der Waals surface area contributed by atoms with E-state index in [1.54, 1.807) is 0 Å². The molecule has 0 aliphatic carbocycles. The van der Waals surface area contributed by atoms with Crippen molar-refractivity contribution in [1.29, 1.82) is 0 Å². The molecule has 3 aromatic carbocycles. The summed E-state index contributed by atoms with van der Waals surface area (Å²) in [5.74, 6) is 0. The summed E-state index contributed by atoms with van der Waals surface area (Å²) in [5.41, 5.74) is 5.65. The standard InChI is InChI=1S/C22H23B.C8H20P/c1-2-3-12-19-13-10-11-18-22(19)23(20-14-6-4-7-15-20)21-16-8-5-9-17-21;1-5-9(6-2,7-3)8-4/h4-11,13-18H,2-3,12H2,1H3;5-8H2,1-4H3/q;+1.